The molecule has 0 spiro atoms. The highest BCUT2D eigenvalue weighted by Crippen LogP contribution is 2.35. The predicted octanol–water partition coefficient (Wildman–Crippen LogP) is 4.56. The third-order valence-electron chi connectivity index (χ3n) is 5.77. The van der Waals surface area contributed by atoms with E-state index in [1.165, 1.54) is 0 Å². The number of ether oxygens (including phenoxy) is 2. The molecule has 1 aromatic carbocycles. The zero-order valence-electron chi connectivity index (χ0n) is 19.3. The molecule has 2 aliphatic heterocycles. The Morgan fingerprint density at radius 3 is 2.59 bits per heavy atom. The monoisotopic (exact) mass is 460 g/mol. The first kappa shape index (κ1) is 24.2. The van der Waals surface area contributed by atoms with Crippen molar-refractivity contribution in [3.05, 3.63) is 28.7 Å². The van der Waals surface area contributed by atoms with Gasteiger partial charge in [0, 0.05) is 13.1 Å². The second-order valence-electron chi connectivity index (χ2n) is 8.31. The van der Waals surface area contributed by atoms with Gasteiger partial charge < -0.3 is 14.4 Å². The van der Waals surface area contributed by atoms with E-state index in [0.29, 0.717) is 42.0 Å². The maximum absolute atomic E-state index is 12.8. The number of rotatable bonds is 8. The van der Waals surface area contributed by atoms with Gasteiger partial charge in [-0.2, -0.15) is 0 Å². The Kier molecular flexibility index (Phi) is 8.23. The quantitative estimate of drug-likeness (QED) is 0.530. The lowest BCUT2D eigenvalue weighted by molar-refractivity contribution is -0.136. The zero-order chi connectivity index (χ0) is 23.3. The topological polar surface area (TPSA) is 76.2 Å². The van der Waals surface area contributed by atoms with Crippen molar-refractivity contribution in [3.63, 3.8) is 0 Å². The van der Waals surface area contributed by atoms with Crippen molar-refractivity contribution in [2.24, 2.45) is 5.92 Å². The molecule has 0 bridgehead atoms. The Morgan fingerprint density at radius 1 is 1.22 bits per heavy atom. The molecule has 1 atom stereocenters. The number of carbonyl (C=O) groups is 3. The summed E-state index contributed by atoms with van der Waals surface area (Å²) in [6, 6.07) is 5.44. The lowest BCUT2D eigenvalue weighted by atomic mass is 9.99. The van der Waals surface area contributed by atoms with Crippen LogP contribution in [0.2, 0.25) is 0 Å². The van der Waals surface area contributed by atoms with Gasteiger partial charge in [0.15, 0.2) is 11.5 Å². The summed E-state index contributed by atoms with van der Waals surface area (Å²) in [5.41, 5.74) is 0.729. The summed E-state index contributed by atoms with van der Waals surface area (Å²) in [6.45, 7) is 9.73. The van der Waals surface area contributed by atoms with E-state index in [4.69, 9.17) is 9.47 Å². The highest BCUT2D eigenvalue weighted by molar-refractivity contribution is 8.18. The first-order chi connectivity index (χ1) is 15.3. The molecule has 2 aliphatic rings. The summed E-state index contributed by atoms with van der Waals surface area (Å²) in [6.07, 6.45) is 4.49. The van der Waals surface area contributed by atoms with Crippen molar-refractivity contribution in [1.82, 2.24) is 9.80 Å². The average Bonchev–Trinajstić information content (AvgIpc) is 3.03. The summed E-state index contributed by atoms with van der Waals surface area (Å²) >= 11 is 0.859. The van der Waals surface area contributed by atoms with E-state index in [1.807, 2.05) is 32.9 Å². The lowest BCUT2D eigenvalue weighted by Gasteiger charge is -2.31. The molecule has 8 heteroatoms. The Bertz CT molecular complexity index is 892. The third-order valence-corrected chi connectivity index (χ3v) is 6.68. The fourth-order valence-electron chi connectivity index (χ4n) is 3.56. The minimum atomic E-state index is -0.434. The van der Waals surface area contributed by atoms with Gasteiger partial charge in [0.1, 0.15) is 6.54 Å². The van der Waals surface area contributed by atoms with Crippen LogP contribution in [0, 0.1) is 5.92 Å². The van der Waals surface area contributed by atoms with E-state index < -0.39 is 11.1 Å². The van der Waals surface area contributed by atoms with E-state index in [2.05, 4.69) is 6.92 Å². The number of hydrogen-bond acceptors (Lipinski definition) is 6. The summed E-state index contributed by atoms with van der Waals surface area (Å²) in [7, 11) is 0. The number of imide groups is 1. The smallest absolute Gasteiger partial charge is 0.294 e. The summed E-state index contributed by atoms with van der Waals surface area (Å²) in [5.74, 6) is 1.23. The van der Waals surface area contributed by atoms with Gasteiger partial charge in [-0.25, -0.2) is 0 Å². The first-order valence-corrected chi connectivity index (χ1v) is 12.1. The predicted molar refractivity (Wildman–Crippen MR) is 126 cm³/mol. The number of likely N-dealkylation sites (tertiary alicyclic amines) is 1. The lowest BCUT2D eigenvalue weighted by Crippen LogP contribution is -2.45. The normalized spacial score (nSPS) is 19.6. The summed E-state index contributed by atoms with van der Waals surface area (Å²) in [5, 5.41) is -0.415. The SMILES string of the molecule is CCOc1cc(/C=C2/SC(=O)N(CC(=O)N3CCC(C)CC3)C2=O)ccc1O[C@@H](C)CC. The largest absolute Gasteiger partial charge is 0.490 e. The van der Waals surface area contributed by atoms with Crippen molar-refractivity contribution in [2.75, 3.05) is 26.2 Å². The minimum absolute atomic E-state index is 0.0530. The molecule has 0 radical (unpaired) electrons. The van der Waals surface area contributed by atoms with Gasteiger partial charge in [0.25, 0.3) is 11.1 Å². The van der Waals surface area contributed by atoms with Crippen LogP contribution in [0.1, 0.15) is 52.5 Å². The molecule has 2 fully saturated rings. The van der Waals surface area contributed by atoms with Crippen LogP contribution in [-0.4, -0.2) is 59.2 Å². The number of hydrogen-bond donors (Lipinski definition) is 0. The van der Waals surface area contributed by atoms with Crippen LogP contribution in [0.5, 0.6) is 11.5 Å². The van der Waals surface area contributed by atoms with Gasteiger partial charge in [-0.05, 0) is 74.6 Å². The molecule has 0 unspecified atom stereocenters. The molecule has 7 nitrogen and oxygen atoms in total. The van der Waals surface area contributed by atoms with Gasteiger partial charge in [0.2, 0.25) is 5.91 Å². The fourth-order valence-corrected chi connectivity index (χ4v) is 4.40. The molecule has 0 aliphatic carbocycles. The number of thioether (sulfide) groups is 1. The molecule has 174 valence electrons. The highest BCUT2D eigenvalue weighted by Gasteiger charge is 2.37. The molecule has 0 saturated carbocycles. The van der Waals surface area contributed by atoms with E-state index >= 15 is 0 Å². The van der Waals surface area contributed by atoms with Crippen molar-refractivity contribution < 1.29 is 23.9 Å². The Morgan fingerprint density at radius 2 is 1.94 bits per heavy atom. The maximum Gasteiger partial charge on any atom is 0.294 e. The molecule has 0 N–H and O–H groups in total. The van der Waals surface area contributed by atoms with Crippen LogP contribution in [0.15, 0.2) is 23.1 Å². The number of carbonyl (C=O) groups excluding carboxylic acids is 3. The molecule has 3 rings (SSSR count). The van der Waals surface area contributed by atoms with Crippen LogP contribution >= 0.6 is 11.8 Å². The van der Waals surface area contributed by atoms with Crippen LogP contribution < -0.4 is 9.47 Å². The van der Waals surface area contributed by atoms with Crippen molar-refractivity contribution in [3.8, 4) is 11.5 Å². The van der Waals surface area contributed by atoms with Crippen LogP contribution in [0.4, 0.5) is 4.79 Å². The van der Waals surface area contributed by atoms with Gasteiger partial charge >= 0.3 is 0 Å². The summed E-state index contributed by atoms with van der Waals surface area (Å²) < 4.78 is 11.6. The number of nitrogens with zero attached hydrogens (tertiary/aromatic N) is 2. The maximum atomic E-state index is 12.8. The molecular weight excluding hydrogens is 428 g/mol. The molecule has 1 aromatic rings. The van der Waals surface area contributed by atoms with Crippen LogP contribution in [-0.2, 0) is 9.59 Å². The first-order valence-electron chi connectivity index (χ1n) is 11.3. The van der Waals surface area contributed by atoms with E-state index in [0.717, 1.165) is 41.5 Å². The molecular formula is C24H32N2O5S. The number of amides is 3. The van der Waals surface area contributed by atoms with Gasteiger partial charge in [-0.15, -0.1) is 0 Å². The second kappa shape index (κ2) is 10.9. The van der Waals surface area contributed by atoms with E-state index in [-0.39, 0.29) is 18.6 Å². The Labute approximate surface area is 194 Å². The highest BCUT2D eigenvalue weighted by atomic mass is 32.2. The Balaban J connectivity index is 1.72. The van der Waals surface area contributed by atoms with Gasteiger partial charge in [0.05, 0.1) is 17.6 Å². The van der Waals surface area contributed by atoms with E-state index in [1.54, 1.807) is 17.0 Å². The average molecular weight is 461 g/mol. The molecule has 0 aromatic heterocycles. The van der Waals surface area contributed by atoms with Crippen molar-refractivity contribution >= 4 is 34.9 Å². The molecule has 3 amide bonds. The number of piperidine rings is 1. The van der Waals surface area contributed by atoms with Crippen molar-refractivity contribution in [2.45, 2.75) is 53.1 Å². The third kappa shape index (κ3) is 5.85. The standard InChI is InChI=1S/C24H32N2O5S/c1-5-17(4)31-19-8-7-18(13-20(19)30-6-2)14-21-23(28)26(24(29)32-21)15-22(27)25-11-9-16(3)10-12-25/h7-8,13-14,16-17H,5-6,9-12,15H2,1-4H3/b21-14+/t17-/m0/s1. The molecule has 32 heavy (non-hydrogen) atoms. The second-order valence-corrected chi connectivity index (χ2v) is 9.30. The van der Waals surface area contributed by atoms with Crippen molar-refractivity contribution in [1.29, 1.82) is 0 Å². The molecule has 2 saturated heterocycles. The number of benzene rings is 1. The minimum Gasteiger partial charge on any atom is -0.490 e. The summed E-state index contributed by atoms with van der Waals surface area (Å²) in [4.78, 5) is 41.0. The van der Waals surface area contributed by atoms with E-state index in [9.17, 15) is 14.4 Å². The Hall–Kier alpha value is -2.48. The van der Waals surface area contributed by atoms with Gasteiger partial charge in [-0.3, -0.25) is 19.3 Å². The van der Waals surface area contributed by atoms with Gasteiger partial charge in [-0.1, -0.05) is 19.9 Å². The fraction of sp³-hybridized carbons (Fsp3) is 0.542. The van der Waals surface area contributed by atoms with Crippen LogP contribution in [0.3, 0.4) is 0 Å². The van der Waals surface area contributed by atoms with Crippen LogP contribution in [0.25, 0.3) is 6.08 Å². The zero-order valence-corrected chi connectivity index (χ0v) is 20.1. The molecule has 2 heterocycles.